The van der Waals surface area contributed by atoms with Crippen LogP contribution in [-0.2, 0) is 50.1 Å². The second-order valence-electron chi connectivity index (χ2n) is 15.0. The highest BCUT2D eigenvalue weighted by Gasteiger charge is 2.51. The number of aliphatic hydroxyl groups excluding tert-OH is 1. The molecule has 2 heterocycles. The number of phenolic OH excluding ortho intramolecular Hbond substituents is 1. The Balaban J connectivity index is 1.27. The summed E-state index contributed by atoms with van der Waals surface area (Å²) in [5, 5.41) is 24.0. The van der Waals surface area contributed by atoms with Crippen molar-refractivity contribution < 1.29 is 47.8 Å². The summed E-state index contributed by atoms with van der Waals surface area (Å²) >= 11 is 0. The van der Waals surface area contributed by atoms with Crippen LogP contribution in [0.1, 0.15) is 49.8 Å². The van der Waals surface area contributed by atoms with Crippen LogP contribution in [0.2, 0.25) is 0 Å². The summed E-state index contributed by atoms with van der Waals surface area (Å²) in [7, 11) is 1.41. The summed E-state index contributed by atoms with van der Waals surface area (Å²) in [6, 6.07) is 49.5. The van der Waals surface area contributed by atoms with E-state index in [0.29, 0.717) is 17.6 Å². The number of furan rings is 1. The zero-order valence-corrected chi connectivity index (χ0v) is 34.2. The molecule has 316 valence electrons. The summed E-state index contributed by atoms with van der Waals surface area (Å²) in [6.45, 7) is 0.946. The van der Waals surface area contributed by atoms with Crippen molar-refractivity contribution in [3.63, 3.8) is 0 Å². The van der Waals surface area contributed by atoms with E-state index >= 15 is 0 Å². The molecule has 10 heteroatoms. The normalized spacial score (nSPS) is 19.0. The average molecular weight is 833 g/mol. The summed E-state index contributed by atoms with van der Waals surface area (Å²) in [4.78, 5) is 14.3. The van der Waals surface area contributed by atoms with Gasteiger partial charge in [0.1, 0.15) is 58.9 Å². The number of benzene rings is 6. The number of hydrogen-bond donors (Lipinski definition) is 2. The lowest BCUT2D eigenvalue weighted by molar-refractivity contribution is -0.275. The van der Waals surface area contributed by atoms with Crippen molar-refractivity contribution in [1.29, 1.82) is 0 Å². The monoisotopic (exact) mass is 832 g/mol. The van der Waals surface area contributed by atoms with E-state index in [1.807, 2.05) is 121 Å². The molecular formula is C52H48O10. The SMILES string of the molecule is COc1c(C(=O)/C=C(\O)c2ccccc2)c(O)c([C@@H]2O[C@H](COCc3ccccc3)[C@@H](OCc3ccccc3)[C@H](OCc3ccccc3)[C@H]2OCc2ccccc2)c2occc12. The number of hydrogen-bond acceptors (Lipinski definition) is 10. The van der Waals surface area contributed by atoms with Crippen molar-refractivity contribution in [2.75, 3.05) is 13.7 Å². The Hall–Kier alpha value is -6.53. The van der Waals surface area contributed by atoms with E-state index in [1.54, 1.807) is 36.4 Å². The van der Waals surface area contributed by atoms with Gasteiger partial charge in [-0.3, -0.25) is 4.79 Å². The van der Waals surface area contributed by atoms with Gasteiger partial charge in [-0.15, -0.1) is 0 Å². The standard InChI is InChI=1S/C52H48O10/c1-56-47-40-27-28-58-48(40)45(46(55)44(47)42(54)29-41(53)39-25-15-6-16-26-39)50-52(61-33-38-23-13-5-14-24-38)51(60-32-37-21-11-4-12-22-37)49(59-31-36-19-9-3-10-20-36)43(62-50)34-57-30-35-17-7-2-8-18-35/h2-29,43,49-53,55H,30-34H2,1H3/b41-29-/t43-,49-,50+,51+,52+/m1/s1. The molecule has 1 aliphatic rings. The molecule has 1 aliphatic heterocycles. The van der Waals surface area contributed by atoms with Gasteiger partial charge >= 0.3 is 0 Å². The molecule has 0 aliphatic carbocycles. The topological polar surface area (TPSA) is 126 Å². The summed E-state index contributed by atoms with van der Waals surface area (Å²) < 4.78 is 46.1. The molecule has 1 aromatic heterocycles. The van der Waals surface area contributed by atoms with Gasteiger partial charge in [-0.05, 0) is 28.3 Å². The molecule has 1 fully saturated rings. The van der Waals surface area contributed by atoms with Gasteiger partial charge in [0.05, 0.1) is 57.4 Å². The summed E-state index contributed by atoms with van der Waals surface area (Å²) in [5.74, 6) is -1.38. The minimum atomic E-state index is -1.13. The van der Waals surface area contributed by atoms with Gasteiger partial charge in [0.2, 0.25) is 0 Å². The summed E-state index contributed by atoms with van der Waals surface area (Å²) in [6.07, 6.45) is -1.96. The maximum Gasteiger partial charge on any atom is 0.197 e. The third-order valence-electron chi connectivity index (χ3n) is 10.8. The van der Waals surface area contributed by atoms with E-state index in [4.69, 9.17) is 32.8 Å². The molecule has 0 saturated carbocycles. The highest BCUT2D eigenvalue weighted by molar-refractivity contribution is 6.15. The molecule has 7 aromatic rings. The van der Waals surface area contributed by atoms with Crippen LogP contribution in [0.3, 0.4) is 0 Å². The van der Waals surface area contributed by atoms with E-state index < -0.39 is 42.1 Å². The third kappa shape index (κ3) is 9.81. The highest BCUT2D eigenvalue weighted by Crippen LogP contribution is 2.49. The molecule has 0 unspecified atom stereocenters. The predicted molar refractivity (Wildman–Crippen MR) is 235 cm³/mol. The number of ketones is 1. The second kappa shape index (κ2) is 20.4. The number of aromatic hydroxyl groups is 1. The fourth-order valence-corrected chi connectivity index (χ4v) is 7.80. The molecule has 8 rings (SSSR count). The van der Waals surface area contributed by atoms with Crippen molar-refractivity contribution in [3.05, 3.63) is 209 Å². The van der Waals surface area contributed by atoms with Crippen molar-refractivity contribution in [2.24, 2.45) is 0 Å². The number of carbonyl (C=O) groups excluding carboxylic acids is 1. The van der Waals surface area contributed by atoms with E-state index in [9.17, 15) is 15.0 Å². The Morgan fingerprint density at radius 1 is 0.629 bits per heavy atom. The lowest BCUT2D eigenvalue weighted by atomic mass is 9.87. The first-order chi connectivity index (χ1) is 30.5. The first kappa shape index (κ1) is 42.2. The van der Waals surface area contributed by atoms with Gasteiger partial charge in [0.15, 0.2) is 5.78 Å². The number of methoxy groups -OCH3 is 1. The smallest absolute Gasteiger partial charge is 0.197 e. The van der Waals surface area contributed by atoms with Crippen molar-refractivity contribution in [2.45, 2.75) is 56.9 Å². The molecule has 10 nitrogen and oxygen atoms in total. The molecule has 0 amide bonds. The number of carbonyl (C=O) groups is 1. The minimum Gasteiger partial charge on any atom is -0.507 e. The van der Waals surface area contributed by atoms with Gasteiger partial charge in [0, 0.05) is 11.6 Å². The van der Waals surface area contributed by atoms with Gasteiger partial charge in [-0.25, -0.2) is 0 Å². The lowest BCUT2D eigenvalue weighted by Crippen LogP contribution is -2.58. The third-order valence-corrected chi connectivity index (χ3v) is 10.8. The van der Waals surface area contributed by atoms with Crippen LogP contribution < -0.4 is 4.74 Å². The van der Waals surface area contributed by atoms with E-state index in [-0.39, 0.29) is 54.6 Å². The molecule has 5 atom stereocenters. The Labute approximate surface area is 360 Å². The fourth-order valence-electron chi connectivity index (χ4n) is 7.80. The number of rotatable bonds is 18. The molecule has 0 spiro atoms. The van der Waals surface area contributed by atoms with E-state index in [1.165, 1.54) is 13.4 Å². The number of phenols is 1. The van der Waals surface area contributed by atoms with Crippen LogP contribution in [0, 0.1) is 0 Å². The molecule has 0 bridgehead atoms. The van der Waals surface area contributed by atoms with Crippen molar-refractivity contribution >= 4 is 22.5 Å². The molecule has 2 N–H and O–H groups in total. The van der Waals surface area contributed by atoms with Gasteiger partial charge in [-0.2, -0.15) is 0 Å². The number of aliphatic hydroxyl groups is 1. The summed E-state index contributed by atoms with van der Waals surface area (Å²) in [5.41, 5.74) is 4.34. The zero-order valence-electron chi connectivity index (χ0n) is 34.2. The molecule has 6 aromatic carbocycles. The Kier molecular flexibility index (Phi) is 13.8. The molecule has 1 saturated heterocycles. The van der Waals surface area contributed by atoms with Gasteiger partial charge in [-0.1, -0.05) is 152 Å². The van der Waals surface area contributed by atoms with Crippen LogP contribution in [-0.4, -0.2) is 54.1 Å². The van der Waals surface area contributed by atoms with Crippen molar-refractivity contribution in [3.8, 4) is 11.5 Å². The number of fused-ring (bicyclic) bond motifs is 1. The van der Waals surface area contributed by atoms with E-state index in [2.05, 4.69) is 0 Å². The minimum absolute atomic E-state index is 0.0679. The maximum atomic E-state index is 14.3. The Morgan fingerprint density at radius 2 is 1.11 bits per heavy atom. The maximum absolute atomic E-state index is 14.3. The first-order valence-corrected chi connectivity index (χ1v) is 20.5. The highest BCUT2D eigenvalue weighted by atomic mass is 16.6. The van der Waals surface area contributed by atoms with Gasteiger partial charge < -0.3 is 43.1 Å². The number of allylic oxidation sites excluding steroid dienone is 1. The number of ether oxygens (including phenoxy) is 6. The second-order valence-corrected chi connectivity index (χ2v) is 15.0. The molecule has 62 heavy (non-hydrogen) atoms. The van der Waals surface area contributed by atoms with Crippen LogP contribution in [0.4, 0.5) is 0 Å². The quantitative estimate of drug-likeness (QED) is 0.0490. The average Bonchev–Trinajstić information content (AvgIpc) is 3.80. The van der Waals surface area contributed by atoms with E-state index in [0.717, 1.165) is 28.3 Å². The first-order valence-electron chi connectivity index (χ1n) is 20.5. The van der Waals surface area contributed by atoms with Gasteiger partial charge in [0.25, 0.3) is 0 Å². The lowest BCUT2D eigenvalue weighted by Gasteiger charge is -2.46. The Bertz CT molecular complexity index is 2530. The van der Waals surface area contributed by atoms with Crippen LogP contribution >= 0.6 is 0 Å². The Morgan fingerprint density at radius 3 is 1.65 bits per heavy atom. The van der Waals surface area contributed by atoms with Crippen LogP contribution in [0.25, 0.3) is 16.7 Å². The molecular weight excluding hydrogens is 785 g/mol. The van der Waals surface area contributed by atoms with Crippen molar-refractivity contribution in [1.82, 2.24) is 0 Å². The van der Waals surface area contributed by atoms with Crippen LogP contribution in [0.5, 0.6) is 11.5 Å². The van der Waals surface area contributed by atoms with Crippen LogP contribution in [0.15, 0.2) is 174 Å². The largest absolute Gasteiger partial charge is 0.507 e. The fraction of sp³-hybridized carbons (Fsp3) is 0.212. The zero-order chi connectivity index (χ0) is 42.7. The predicted octanol–water partition coefficient (Wildman–Crippen LogP) is 10.3. The molecule has 0 radical (unpaired) electrons.